The van der Waals surface area contributed by atoms with Gasteiger partial charge in [-0.1, -0.05) is 19.0 Å². The predicted octanol–water partition coefficient (Wildman–Crippen LogP) is 2.12. The van der Waals surface area contributed by atoms with Crippen molar-refractivity contribution in [1.29, 1.82) is 0 Å². The Kier molecular flexibility index (Phi) is 6.13. The van der Waals surface area contributed by atoms with Crippen LogP contribution in [0.25, 0.3) is 0 Å². The van der Waals surface area contributed by atoms with Crippen LogP contribution in [0.3, 0.4) is 0 Å². The van der Waals surface area contributed by atoms with Gasteiger partial charge in [-0.2, -0.15) is 5.10 Å². The molecule has 2 aromatic rings. The van der Waals surface area contributed by atoms with Crippen LogP contribution in [0, 0.1) is 13.8 Å². The zero-order valence-electron chi connectivity index (χ0n) is 17.0. The van der Waals surface area contributed by atoms with Gasteiger partial charge in [-0.15, -0.1) is 0 Å². The predicted molar refractivity (Wildman–Crippen MR) is 105 cm³/mol. The second kappa shape index (κ2) is 8.54. The van der Waals surface area contributed by atoms with Crippen LogP contribution < -0.4 is 10.6 Å². The van der Waals surface area contributed by atoms with E-state index in [1.807, 2.05) is 18.5 Å². The summed E-state index contributed by atoms with van der Waals surface area (Å²) in [5.41, 5.74) is 2.10. The van der Waals surface area contributed by atoms with Crippen molar-refractivity contribution < 1.29 is 4.52 Å². The smallest absolute Gasteiger partial charge is 0.191 e. The van der Waals surface area contributed by atoms with Gasteiger partial charge < -0.3 is 15.2 Å². The van der Waals surface area contributed by atoms with Crippen molar-refractivity contribution >= 4 is 5.96 Å². The van der Waals surface area contributed by atoms with Gasteiger partial charge in [-0.05, 0) is 33.6 Å². The molecule has 2 N–H and O–H groups in total. The van der Waals surface area contributed by atoms with Gasteiger partial charge in [0.05, 0.1) is 12.2 Å². The molecule has 0 saturated heterocycles. The van der Waals surface area contributed by atoms with E-state index in [1.54, 1.807) is 0 Å². The summed E-state index contributed by atoms with van der Waals surface area (Å²) in [4.78, 5) is 9.39. The lowest BCUT2D eigenvalue weighted by Crippen LogP contribution is -2.47. The van der Waals surface area contributed by atoms with E-state index in [1.165, 1.54) is 0 Å². The van der Waals surface area contributed by atoms with Crippen LogP contribution in [0.5, 0.6) is 0 Å². The van der Waals surface area contributed by atoms with E-state index in [0.29, 0.717) is 18.5 Å². The first-order chi connectivity index (χ1) is 13.0. The van der Waals surface area contributed by atoms with E-state index in [2.05, 4.69) is 46.6 Å². The van der Waals surface area contributed by atoms with Crippen molar-refractivity contribution in [3.63, 3.8) is 0 Å². The minimum absolute atomic E-state index is 0.302. The number of hydrogen-bond acceptors (Lipinski definition) is 5. The van der Waals surface area contributed by atoms with Gasteiger partial charge in [-0.25, -0.2) is 9.67 Å². The quantitative estimate of drug-likeness (QED) is 0.595. The Balaban J connectivity index is 1.60. The van der Waals surface area contributed by atoms with Crippen molar-refractivity contribution in [2.45, 2.75) is 72.4 Å². The molecule has 0 fully saturated rings. The summed E-state index contributed by atoms with van der Waals surface area (Å²) in [6.07, 6.45) is 2.80. The normalized spacial score (nSPS) is 17.3. The summed E-state index contributed by atoms with van der Waals surface area (Å²) in [7, 11) is 0. The van der Waals surface area contributed by atoms with E-state index in [4.69, 9.17) is 9.52 Å². The van der Waals surface area contributed by atoms with Crippen LogP contribution in [-0.4, -0.2) is 45.0 Å². The second-order valence-electron chi connectivity index (χ2n) is 7.42. The Morgan fingerprint density at radius 3 is 2.85 bits per heavy atom. The molecule has 1 atom stereocenters. The highest BCUT2D eigenvalue weighted by molar-refractivity contribution is 5.80. The number of nitrogens with zero attached hydrogens (tertiary/aromatic N) is 5. The molecule has 0 aromatic carbocycles. The highest BCUT2D eigenvalue weighted by Crippen LogP contribution is 2.17. The number of nitrogens with one attached hydrogen (secondary N) is 2. The largest absolute Gasteiger partial charge is 0.361 e. The maximum absolute atomic E-state index is 5.23. The first-order valence-corrected chi connectivity index (χ1v) is 9.88. The SMILES string of the molecule is CCNC(=NCCc1c(C)noc1C)NC1CCc2nc(C(C)C)nn2C1. The van der Waals surface area contributed by atoms with Gasteiger partial charge in [0.25, 0.3) is 0 Å². The van der Waals surface area contributed by atoms with Crippen molar-refractivity contribution in [2.24, 2.45) is 4.99 Å². The van der Waals surface area contributed by atoms with Crippen LogP contribution in [-0.2, 0) is 19.4 Å². The van der Waals surface area contributed by atoms with Crippen LogP contribution >= 0.6 is 0 Å². The van der Waals surface area contributed by atoms with E-state index in [-0.39, 0.29) is 0 Å². The Morgan fingerprint density at radius 1 is 1.37 bits per heavy atom. The van der Waals surface area contributed by atoms with Crippen molar-refractivity contribution in [3.05, 3.63) is 28.7 Å². The molecule has 2 aromatic heterocycles. The zero-order chi connectivity index (χ0) is 19.4. The van der Waals surface area contributed by atoms with Crippen molar-refractivity contribution in [3.8, 4) is 0 Å². The average Bonchev–Trinajstić information content (AvgIpc) is 3.19. The molecule has 3 heterocycles. The number of aromatic nitrogens is 4. The third-order valence-corrected chi connectivity index (χ3v) is 4.89. The lowest BCUT2D eigenvalue weighted by atomic mass is 10.1. The molecule has 27 heavy (non-hydrogen) atoms. The molecule has 0 radical (unpaired) electrons. The summed E-state index contributed by atoms with van der Waals surface area (Å²) in [6, 6.07) is 0.302. The number of aliphatic imine (C=N–C) groups is 1. The molecule has 8 heteroatoms. The number of fused-ring (bicyclic) bond motifs is 1. The Labute approximate surface area is 160 Å². The number of aryl methyl sites for hydroxylation is 3. The molecule has 0 spiro atoms. The van der Waals surface area contributed by atoms with E-state index in [9.17, 15) is 0 Å². The topological polar surface area (TPSA) is 93.2 Å². The van der Waals surface area contributed by atoms with Gasteiger partial charge in [-0.3, -0.25) is 4.99 Å². The Bertz CT molecular complexity index is 771. The molecular weight excluding hydrogens is 342 g/mol. The number of hydrogen-bond donors (Lipinski definition) is 2. The van der Waals surface area contributed by atoms with Crippen LogP contribution in [0.15, 0.2) is 9.52 Å². The van der Waals surface area contributed by atoms with E-state index in [0.717, 1.165) is 67.0 Å². The molecule has 1 aliphatic rings. The third-order valence-electron chi connectivity index (χ3n) is 4.89. The van der Waals surface area contributed by atoms with E-state index >= 15 is 0 Å². The maximum atomic E-state index is 5.23. The molecule has 0 amide bonds. The monoisotopic (exact) mass is 373 g/mol. The molecule has 3 rings (SSSR count). The first kappa shape index (κ1) is 19.4. The summed E-state index contributed by atoms with van der Waals surface area (Å²) in [5, 5.41) is 15.6. The van der Waals surface area contributed by atoms with Gasteiger partial charge in [0, 0.05) is 37.0 Å². The summed E-state index contributed by atoms with van der Waals surface area (Å²) in [5.74, 6) is 4.12. The highest BCUT2D eigenvalue weighted by atomic mass is 16.5. The maximum Gasteiger partial charge on any atom is 0.191 e. The van der Waals surface area contributed by atoms with Crippen molar-refractivity contribution in [1.82, 2.24) is 30.6 Å². The van der Waals surface area contributed by atoms with Gasteiger partial charge in [0.15, 0.2) is 11.8 Å². The fourth-order valence-electron chi connectivity index (χ4n) is 3.34. The molecule has 1 unspecified atom stereocenters. The van der Waals surface area contributed by atoms with Gasteiger partial charge in [0.2, 0.25) is 0 Å². The Morgan fingerprint density at radius 2 is 2.19 bits per heavy atom. The third kappa shape index (κ3) is 4.67. The molecule has 0 aliphatic carbocycles. The molecule has 0 saturated carbocycles. The van der Waals surface area contributed by atoms with Gasteiger partial charge >= 0.3 is 0 Å². The van der Waals surface area contributed by atoms with Crippen LogP contribution in [0.1, 0.15) is 61.8 Å². The average molecular weight is 374 g/mol. The summed E-state index contributed by atoms with van der Waals surface area (Å²) >= 11 is 0. The minimum Gasteiger partial charge on any atom is -0.361 e. The molecule has 8 nitrogen and oxygen atoms in total. The van der Waals surface area contributed by atoms with E-state index < -0.39 is 0 Å². The standard InChI is InChI=1S/C19H31N7O/c1-6-20-19(21-10-9-16-13(4)25-27-14(16)5)22-15-7-8-17-23-18(12(2)3)24-26(17)11-15/h12,15H,6-11H2,1-5H3,(H2,20,21,22). The van der Waals surface area contributed by atoms with Crippen LogP contribution in [0.2, 0.25) is 0 Å². The number of guanidine groups is 1. The van der Waals surface area contributed by atoms with Crippen LogP contribution in [0.4, 0.5) is 0 Å². The lowest BCUT2D eigenvalue weighted by molar-refractivity contribution is 0.391. The fraction of sp³-hybridized carbons (Fsp3) is 0.684. The zero-order valence-corrected chi connectivity index (χ0v) is 17.0. The van der Waals surface area contributed by atoms with Gasteiger partial charge in [0.1, 0.15) is 11.6 Å². The van der Waals surface area contributed by atoms with Crippen molar-refractivity contribution in [2.75, 3.05) is 13.1 Å². The summed E-state index contributed by atoms with van der Waals surface area (Å²) < 4.78 is 7.27. The number of rotatable bonds is 6. The second-order valence-corrected chi connectivity index (χ2v) is 7.42. The highest BCUT2D eigenvalue weighted by Gasteiger charge is 2.23. The molecule has 0 bridgehead atoms. The molecule has 148 valence electrons. The minimum atomic E-state index is 0.302. The first-order valence-electron chi connectivity index (χ1n) is 9.88. The molecular formula is C19H31N7O. The molecule has 1 aliphatic heterocycles. The fourth-order valence-corrected chi connectivity index (χ4v) is 3.34. The lowest BCUT2D eigenvalue weighted by Gasteiger charge is -2.25. The summed E-state index contributed by atoms with van der Waals surface area (Å²) in [6.45, 7) is 12.6. The Hall–Kier alpha value is -2.38.